The zero-order valence-electron chi connectivity index (χ0n) is 7.26. The number of rotatable bonds is 3. The summed E-state index contributed by atoms with van der Waals surface area (Å²) in [4.78, 5) is 0. The number of nitrogens with two attached hydrogens (primary N) is 1. The Morgan fingerprint density at radius 2 is 2.31 bits per heavy atom. The molecule has 2 nitrogen and oxygen atoms in total. The highest BCUT2D eigenvalue weighted by atomic mass is 79.9. The van der Waals surface area contributed by atoms with Gasteiger partial charge < -0.3 is 10.5 Å². The number of halogens is 2. The Kier molecular flexibility index (Phi) is 3.69. The van der Waals surface area contributed by atoms with E-state index in [1.807, 2.05) is 0 Å². The van der Waals surface area contributed by atoms with Crippen LogP contribution in [0.5, 0.6) is 5.75 Å². The standard InChI is InChI=1S/C9H11BrFNO/c1-13-9-3-2-6(4-7(9)10)8(12)5-11/h2-4,8H,5,12H2,1H3/t8-/m0/s1. The van der Waals surface area contributed by atoms with Gasteiger partial charge in [0.05, 0.1) is 17.6 Å². The van der Waals surface area contributed by atoms with Gasteiger partial charge in [-0.15, -0.1) is 0 Å². The molecule has 0 heterocycles. The van der Waals surface area contributed by atoms with Crippen molar-refractivity contribution in [2.24, 2.45) is 5.73 Å². The number of benzene rings is 1. The highest BCUT2D eigenvalue weighted by Gasteiger charge is 2.07. The molecule has 0 radical (unpaired) electrons. The zero-order chi connectivity index (χ0) is 9.84. The van der Waals surface area contributed by atoms with Crippen molar-refractivity contribution in [3.05, 3.63) is 28.2 Å². The van der Waals surface area contributed by atoms with Gasteiger partial charge in [0.25, 0.3) is 0 Å². The van der Waals surface area contributed by atoms with Gasteiger partial charge in [0.1, 0.15) is 12.4 Å². The van der Waals surface area contributed by atoms with E-state index in [1.54, 1.807) is 25.3 Å². The van der Waals surface area contributed by atoms with Crippen LogP contribution in [-0.2, 0) is 0 Å². The quantitative estimate of drug-likeness (QED) is 0.891. The molecule has 0 saturated carbocycles. The van der Waals surface area contributed by atoms with E-state index in [1.165, 1.54) is 0 Å². The first-order valence-electron chi connectivity index (χ1n) is 3.84. The van der Waals surface area contributed by atoms with Crippen molar-refractivity contribution < 1.29 is 9.13 Å². The van der Waals surface area contributed by atoms with Crippen molar-refractivity contribution in [3.63, 3.8) is 0 Å². The lowest BCUT2D eigenvalue weighted by molar-refractivity contribution is 0.410. The third kappa shape index (κ3) is 2.42. The minimum atomic E-state index is -0.557. The Balaban J connectivity index is 2.95. The molecule has 0 spiro atoms. The molecule has 13 heavy (non-hydrogen) atoms. The molecule has 0 amide bonds. The third-order valence-electron chi connectivity index (χ3n) is 1.77. The van der Waals surface area contributed by atoms with Gasteiger partial charge in [-0.1, -0.05) is 6.07 Å². The summed E-state index contributed by atoms with van der Waals surface area (Å²) in [5.74, 6) is 0.717. The molecule has 72 valence electrons. The van der Waals surface area contributed by atoms with Gasteiger partial charge in [-0.2, -0.15) is 0 Å². The molecule has 0 unspecified atom stereocenters. The Morgan fingerprint density at radius 3 is 2.77 bits per heavy atom. The fraction of sp³-hybridized carbons (Fsp3) is 0.333. The summed E-state index contributed by atoms with van der Waals surface area (Å²) in [5.41, 5.74) is 6.28. The van der Waals surface area contributed by atoms with Crippen molar-refractivity contribution in [2.75, 3.05) is 13.8 Å². The molecule has 0 aliphatic carbocycles. The van der Waals surface area contributed by atoms with Gasteiger partial charge >= 0.3 is 0 Å². The smallest absolute Gasteiger partial charge is 0.133 e. The van der Waals surface area contributed by atoms with E-state index in [-0.39, 0.29) is 0 Å². The van der Waals surface area contributed by atoms with Crippen molar-refractivity contribution in [1.82, 2.24) is 0 Å². The third-order valence-corrected chi connectivity index (χ3v) is 2.39. The number of hydrogen-bond acceptors (Lipinski definition) is 2. The Hall–Kier alpha value is -0.610. The molecule has 2 N–H and O–H groups in total. The van der Waals surface area contributed by atoms with Crippen LogP contribution in [0.1, 0.15) is 11.6 Å². The van der Waals surface area contributed by atoms with E-state index in [0.29, 0.717) is 0 Å². The molecule has 0 bridgehead atoms. The molecule has 1 aromatic carbocycles. The zero-order valence-corrected chi connectivity index (χ0v) is 8.84. The number of alkyl halides is 1. The lowest BCUT2D eigenvalue weighted by atomic mass is 10.1. The van der Waals surface area contributed by atoms with Crippen LogP contribution >= 0.6 is 15.9 Å². The monoisotopic (exact) mass is 247 g/mol. The number of methoxy groups -OCH3 is 1. The summed E-state index contributed by atoms with van der Waals surface area (Å²) in [6, 6.07) is 4.73. The largest absolute Gasteiger partial charge is 0.496 e. The highest BCUT2D eigenvalue weighted by molar-refractivity contribution is 9.10. The van der Waals surface area contributed by atoms with Crippen LogP contribution in [0.25, 0.3) is 0 Å². The van der Waals surface area contributed by atoms with Gasteiger partial charge in [-0.05, 0) is 33.6 Å². The van der Waals surface area contributed by atoms with Gasteiger partial charge in [0, 0.05) is 0 Å². The van der Waals surface area contributed by atoms with Crippen molar-refractivity contribution >= 4 is 15.9 Å². The Morgan fingerprint density at radius 1 is 1.62 bits per heavy atom. The van der Waals surface area contributed by atoms with Crippen LogP contribution in [0.2, 0.25) is 0 Å². The van der Waals surface area contributed by atoms with Crippen LogP contribution in [0.15, 0.2) is 22.7 Å². The maximum atomic E-state index is 12.2. The van der Waals surface area contributed by atoms with Crippen molar-refractivity contribution in [3.8, 4) is 5.75 Å². The maximum Gasteiger partial charge on any atom is 0.133 e. The lowest BCUT2D eigenvalue weighted by Gasteiger charge is -2.09. The molecular formula is C9H11BrFNO. The van der Waals surface area contributed by atoms with Crippen molar-refractivity contribution in [2.45, 2.75) is 6.04 Å². The van der Waals surface area contributed by atoms with Crippen LogP contribution in [-0.4, -0.2) is 13.8 Å². The first-order chi connectivity index (χ1) is 6.19. The first kappa shape index (κ1) is 10.5. The highest BCUT2D eigenvalue weighted by Crippen LogP contribution is 2.27. The molecule has 4 heteroatoms. The van der Waals surface area contributed by atoms with Gasteiger partial charge in [0.2, 0.25) is 0 Å². The van der Waals surface area contributed by atoms with E-state index in [0.717, 1.165) is 15.8 Å². The Labute approximate surface area is 85.0 Å². The maximum absolute atomic E-state index is 12.2. The SMILES string of the molecule is COc1ccc([C@@H](N)CF)cc1Br. The van der Waals surface area contributed by atoms with Crippen LogP contribution < -0.4 is 10.5 Å². The van der Waals surface area contributed by atoms with E-state index in [2.05, 4.69) is 15.9 Å². The molecule has 0 aromatic heterocycles. The summed E-state index contributed by atoms with van der Waals surface area (Å²) in [7, 11) is 1.58. The second-order valence-electron chi connectivity index (χ2n) is 2.65. The minimum Gasteiger partial charge on any atom is -0.496 e. The van der Waals surface area contributed by atoms with Crippen LogP contribution in [0.3, 0.4) is 0 Å². The summed E-state index contributed by atoms with van der Waals surface area (Å²) < 4.78 is 18.0. The van der Waals surface area contributed by atoms with Gasteiger partial charge in [-0.25, -0.2) is 4.39 Å². The average Bonchev–Trinajstić information content (AvgIpc) is 2.16. The molecule has 1 atom stereocenters. The first-order valence-corrected chi connectivity index (χ1v) is 4.63. The van der Waals surface area contributed by atoms with Crippen LogP contribution in [0, 0.1) is 0 Å². The fourth-order valence-electron chi connectivity index (χ4n) is 1.00. The molecule has 1 rings (SSSR count). The minimum absolute atomic E-state index is 0.554. The molecule has 1 aromatic rings. The number of hydrogen-bond donors (Lipinski definition) is 1. The van der Waals surface area contributed by atoms with E-state index in [9.17, 15) is 4.39 Å². The predicted octanol–water partition coefficient (Wildman–Crippen LogP) is 2.43. The van der Waals surface area contributed by atoms with Gasteiger partial charge in [0.15, 0.2) is 0 Å². The fourth-order valence-corrected chi connectivity index (χ4v) is 1.56. The van der Waals surface area contributed by atoms with Crippen molar-refractivity contribution in [1.29, 1.82) is 0 Å². The lowest BCUT2D eigenvalue weighted by Crippen LogP contribution is -2.11. The summed E-state index contributed by atoms with van der Waals surface area (Å²) in [6.07, 6.45) is 0. The summed E-state index contributed by atoms with van der Waals surface area (Å²) in [5, 5.41) is 0. The summed E-state index contributed by atoms with van der Waals surface area (Å²) >= 11 is 3.30. The molecule has 0 saturated heterocycles. The summed E-state index contributed by atoms with van der Waals surface area (Å²) in [6.45, 7) is -0.557. The van der Waals surface area contributed by atoms with E-state index >= 15 is 0 Å². The topological polar surface area (TPSA) is 35.2 Å². The Bertz CT molecular complexity index is 293. The molecule has 0 aliphatic rings. The second-order valence-corrected chi connectivity index (χ2v) is 3.51. The van der Waals surface area contributed by atoms with Crippen LogP contribution in [0.4, 0.5) is 4.39 Å². The average molecular weight is 248 g/mol. The predicted molar refractivity (Wildman–Crippen MR) is 53.6 cm³/mol. The van der Waals surface area contributed by atoms with E-state index < -0.39 is 12.7 Å². The molecule has 0 fully saturated rings. The normalized spacial score (nSPS) is 12.6. The molecule has 0 aliphatic heterocycles. The molecular weight excluding hydrogens is 237 g/mol. The number of ether oxygens (including phenoxy) is 1. The second kappa shape index (κ2) is 4.58. The van der Waals surface area contributed by atoms with Gasteiger partial charge in [-0.3, -0.25) is 0 Å². The van der Waals surface area contributed by atoms with E-state index in [4.69, 9.17) is 10.5 Å².